The van der Waals surface area contributed by atoms with Gasteiger partial charge in [-0.3, -0.25) is 4.68 Å². The van der Waals surface area contributed by atoms with E-state index in [1.54, 1.807) is 35.0 Å². The predicted octanol–water partition coefficient (Wildman–Crippen LogP) is 3.81. The van der Waals surface area contributed by atoms with E-state index in [1.807, 2.05) is 4.90 Å². The van der Waals surface area contributed by atoms with Crippen molar-refractivity contribution in [2.24, 2.45) is 5.92 Å². The quantitative estimate of drug-likeness (QED) is 0.367. The first-order chi connectivity index (χ1) is 18.1. The van der Waals surface area contributed by atoms with Crippen molar-refractivity contribution in [3.8, 4) is 22.9 Å². The normalized spacial score (nSPS) is 17.9. The monoisotopic (exact) mass is 504 g/mol. The fourth-order valence-corrected chi connectivity index (χ4v) is 4.78. The van der Waals surface area contributed by atoms with Crippen LogP contribution in [0.2, 0.25) is 0 Å². The third-order valence-electron chi connectivity index (χ3n) is 6.54. The molecule has 5 heterocycles. The SMILES string of the molecule is C[C@H]1CCCN(c2nc(-c3cc(-c4ccon4)n(Cc4ccccc4F)n3)ncc2F)[C@H]1c1nn[nH]n1. The summed E-state index contributed by atoms with van der Waals surface area (Å²) in [6.07, 6.45) is 4.38. The molecule has 1 N–H and O–H groups in total. The van der Waals surface area contributed by atoms with Crippen molar-refractivity contribution in [2.45, 2.75) is 32.4 Å². The molecule has 0 amide bonds. The number of tetrazole rings is 1. The largest absolute Gasteiger partial charge is 0.364 e. The third-order valence-corrected chi connectivity index (χ3v) is 6.54. The molecule has 1 fully saturated rings. The molecule has 1 aliphatic heterocycles. The zero-order valence-electron chi connectivity index (χ0n) is 19.8. The molecule has 1 saturated heterocycles. The van der Waals surface area contributed by atoms with Gasteiger partial charge in [0.15, 0.2) is 23.3 Å². The summed E-state index contributed by atoms with van der Waals surface area (Å²) >= 11 is 0. The van der Waals surface area contributed by atoms with Gasteiger partial charge < -0.3 is 9.42 Å². The number of nitrogens with one attached hydrogen (secondary N) is 1. The van der Waals surface area contributed by atoms with Crippen molar-refractivity contribution < 1.29 is 13.3 Å². The zero-order valence-corrected chi connectivity index (χ0v) is 19.8. The van der Waals surface area contributed by atoms with Crippen LogP contribution in [0.15, 0.2) is 53.4 Å². The molecule has 1 aliphatic rings. The molecule has 188 valence electrons. The summed E-state index contributed by atoms with van der Waals surface area (Å²) in [5.74, 6) is 0.0835. The molecule has 0 spiro atoms. The highest BCUT2D eigenvalue weighted by molar-refractivity contribution is 5.63. The van der Waals surface area contributed by atoms with Crippen molar-refractivity contribution in [2.75, 3.05) is 11.4 Å². The van der Waals surface area contributed by atoms with E-state index in [1.165, 1.54) is 12.3 Å². The molecule has 37 heavy (non-hydrogen) atoms. The Kier molecular flexibility index (Phi) is 5.87. The molecule has 0 unspecified atom stereocenters. The fraction of sp³-hybridized carbons (Fsp3) is 0.292. The number of piperidine rings is 1. The van der Waals surface area contributed by atoms with Crippen molar-refractivity contribution in [1.82, 2.24) is 45.5 Å². The third kappa shape index (κ3) is 4.32. The lowest BCUT2D eigenvalue weighted by Crippen LogP contribution is -2.40. The number of hydrogen-bond donors (Lipinski definition) is 1. The first-order valence-electron chi connectivity index (χ1n) is 11.8. The Morgan fingerprint density at radius 3 is 2.81 bits per heavy atom. The van der Waals surface area contributed by atoms with E-state index in [9.17, 15) is 4.39 Å². The standard InChI is InChI=1S/C24H22F2N10O/c1-14-5-4-9-35(21(14)23-29-33-34-30-23)24-17(26)12-27-22(28-24)19-11-20(18-8-10-37-32-18)36(31-19)13-15-6-2-3-7-16(15)25/h2-3,6-8,10-12,14,21H,4-5,9,13H2,1H3,(H,29,30,33,34)/t14-,21+/m0/s1. The van der Waals surface area contributed by atoms with E-state index >= 15 is 4.39 Å². The van der Waals surface area contributed by atoms with Crippen LogP contribution in [-0.2, 0) is 6.54 Å². The van der Waals surface area contributed by atoms with Crippen molar-refractivity contribution in [3.63, 3.8) is 0 Å². The molecule has 13 heteroatoms. The van der Waals surface area contributed by atoms with Gasteiger partial charge >= 0.3 is 0 Å². The highest BCUT2D eigenvalue weighted by Crippen LogP contribution is 2.38. The summed E-state index contributed by atoms with van der Waals surface area (Å²) in [5, 5.41) is 23.1. The Labute approximate surface area is 209 Å². The first-order valence-corrected chi connectivity index (χ1v) is 11.8. The Hall–Kier alpha value is -4.55. The highest BCUT2D eigenvalue weighted by Gasteiger charge is 2.35. The molecule has 0 radical (unpaired) electrons. The van der Waals surface area contributed by atoms with Crippen LogP contribution >= 0.6 is 0 Å². The van der Waals surface area contributed by atoms with Gasteiger partial charge in [-0.15, -0.1) is 10.2 Å². The Bertz CT molecular complexity index is 1500. The minimum Gasteiger partial charge on any atom is -0.364 e. The Balaban J connectivity index is 1.41. The lowest BCUT2D eigenvalue weighted by molar-refractivity contribution is 0.335. The molecule has 0 aliphatic carbocycles. The number of benzene rings is 1. The summed E-state index contributed by atoms with van der Waals surface area (Å²) in [5.41, 5.74) is 1.93. The van der Waals surface area contributed by atoms with Crippen LogP contribution in [0, 0.1) is 17.6 Å². The lowest BCUT2D eigenvalue weighted by Gasteiger charge is -2.39. The maximum Gasteiger partial charge on any atom is 0.197 e. The number of hydrogen-bond acceptors (Lipinski definition) is 9. The zero-order chi connectivity index (χ0) is 25.4. The molecular formula is C24H22F2N10O. The fourth-order valence-electron chi connectivity index (χ4n) is 4.78. The van der Waals surface area contributed by atoms with Gasteiger partial charge in [0.1, 0.15) is 23.5 Å². The number of rotatable bonds is 6. The van der Waals surface area contributed by atoms with Gasteiger partial charge in [-0.25, -0.2) is 18.7 Å². The van der Waals surface area contributed by atoms with E-state index in [0.717, 1.165) is 19.0 Å². The summed E-state index contributed by atoms with van der Waals surface area (Å²) < 4.78 is 36.1. The van der Waals surface area contributed by atoms with Crippen LogP contribution in [0.1, 0.15) is 37.2 Å². The van der Waals surface area contributed by atoms with Crippen molar-refractivity contribution in [3.05, 3.63) is 71.9 Å². The van der Waals surface area contributed by atoms with Gasteiger partial charge in [0.2, 0.25) is 0 Å². The second-order valence-electron chi connectivity index (χ2n) is 8.94. The van der Waals surface area contributed by atoms with Crippen LogP contribution in [-0.4, -0.2) is 52.1 Å². The maximum atomic E-state index is 15.1. The number of aromatic amines is 1. The van der Waals surface area contributed by atoms with E-state index < -0.39 is 5.82 Å². The number of halogens is 2. The average Bonchev–Trinajstić information content (AvgIpc) is 3.68. The summed E-state index contributed by atoms with van der Waals surface area (Å²) in [4.78, 5) is 10.7. The summed E-state index contributed by atoms with van der Waals surface area (Å²) in [6.45, 7) is 2.79. The van der Waals surface area contributed by atoms with Crippen LogP contribution in [0.3, 0.4) is 0 Å². The molecule has 1 aromatic carbocycles. The predicted molar refractivity (Wildman–Crippen MR) is 127 cm³/mol. The van der Waals surface area contributed by atoms with Crippen LogP contribution in [0.25, 0.3) is 22.9 Å². The highest BCUT2D eigenvalue weighted by atomic mass is 19.1. The minimum absolute atomic E-state index is 0.137. The van der Waals surface area contributed by atoms with Crippen molar-refractivity contribution >= 4 is 5.82 Å². The molecule has 0 bridgehead atoms. The van der Waals surface area contributed by atoms with Crippen LogP contribution in [0.5, 0.6) is 0 Å². The van der Waals surface area contributed by atoms with E-state index in [0.29, 0.717) is 35.0 Å². The van der Waals surface area contributed by atoms with E-state index in [4.69, 9.17) is 4.52 Å². The Morgan fingerprint density at radius 1 is 1.14 bits per heavy atom. The van der Waals surface area contributed by atoms with E-state index in [-0.39, 0.29) is 36.0 Å². The number of H-pyrrole nitrogens is 1. The number of anilines is 1. The van der Waals surface area contributed by atoms with Gasteiger partial charge in [-0.2, -0.15) is 10.3 Å². The molecule has 0 saturated carbocycles. The topological polar surface area (TPSA) is 127 Å². The molecular weight excluding hydrogens is 482 g/mol. The molecule has 6 rings (SSSR count). The lowest BCUT2D eigenvalue weighted by atomic mass is 9.90. The van der Waals surface area contributed by atoms with Gasteiger partial charge in [0.05, 0.1) is 24.5 Å². The molecule has 11 nitrogen and oxygen atoms in total. The van der Waals surface area contributed by atoms with E-state index in [2.05, 4.69) is 47.8 Å². The first kappa shape index (κ1) is 22.9. The van der Waals surface area contributed by atoms with Crippen LogP contribution in [0.4, 0.5) is 14.6 Å². The number of nitrogens with zero attached hydrogens (tertiary/aromatic N) is 9. The van der Waals surface area contributed by atoms with Gasteiger partial charge in [0, 0.05) is 18.2 Å². The second-order valence-corrected chi connectivity index (χ2v) is 8.94. The van der Waals surface area contributed by atoms with Gasteiger partial charge in [0.25, 0.3) is 0 Å². The maximum absolute atomic E-state index is 15.1. The smallest absolute Gasteiger partial charge is 0.197 e. The molecule has 4 aromatic heterocycles. The average molecular weight is 505 g/mol. The van der Waals surface area contributed by atoms with Crippen molar-refractivity contribution in [1.29, 1.82) is 0 Å². The van der Waals surface area contributed by atoms with Crippen LogP contribution < -0.4 is 4.90 Å². The number of aromatic nitrogens is 9. The molecule has 5 aromatic rings. The van der Waals surface area contributed by atoms with Gasteiger partial charge in [-0.1, -0.05) is 35.5 Å². The second kappa shape index (κ2) is 9.48. The minimum atomic E-state index is -0.561. The summed E-state index contributed by atoms with van der Waals surface area (Å²) in [7, 11) is 0. The summed E-state index contributed by atoms with van der Waals surface area (Å²) in [6, 6.07) is 9.58. The molecule has 2 atom stereocenters. The van der Waals surface area contributed by atoms with Gasteiger partial charge in [-0.05, 0) is 30.9 Å². The Morgan fingerprint density at radius 2 is 2.03 bits per heavy atom.